The Balaban J connectivity index is 1.20. The summed E-state index contributed by atoms with van der Waals surface area (Å²) in [6.07, 6.45) is 7.04. The first-order valence-electron chi connectivity index (χ1n) is 10.8. The van der Waals surface area contributed by atoms with Gasteiger partial charge in [0.1, 0.15) is 0 Å². The maximum atomic E-state index is 6.37. The molecule has 0 N–H and O–H groups in total. The Labute approximate surface area is 164 Å². The minimum Gasteiger partial charge on any atom is -0.371 e. The summed E-state index contributed by atoms with van der Waals surface area (Å²) in [7, 11) is 0. The van der Waals surface area contributed by atoms with Gasteiger partial charge in [0.25, 0.3) is 0 Å². The average molecular weight is 364 g/mol. The molecule has 2 aromatic rings. The zero-order chi connectivity index (χ0) is 18.5. The van der Waals surface area contributed by atoms with E-state index in [0.29, 0.717) is 6.10 Å². The lowest BCUT2D eigenvalue weighted by atomic mass is 9.89. The zero-order valence-electron chi connectivity index (χ0n) is 16.6. The minimum absolute atomic E-state index is 0.205. The predicted molar refractivity (Wildman–Crippen MR) is 112 cm³/mol. The third-order valence-corrected chi connectivity index (χ3v) is 6.53. The zero-order valence-corrected chi connectivity index (χ0v) is 16.6. The maximum absolute atomic E-state index is 6.37. The molecule has 1 aliphatic heterocycles. The molecule has 1 saturated heterocycles. The monoisotopic (exact) mass is 363 g/mol. The first kappa shape index (κ1) is 18.7. The molecule has 2 heteroatoms. The van der Waals surface area contributed by atoms with Crippen LogP contribution in [-0.2, 0) is 4.74 Å². The molecule has 2 aliphatic rings. The van der Waals surface area contributed by atoms with Crippen LogP contribution in [0.4, 0.5) is 0 Å². The summed E-state index contributed by atoms with van der Waals surface area (Å²) in [4.78, 5) is 2.70. The van der Waals surface area contributed by atoms with Gasteiger partial charge in [-0.15, -0.1) is 0 Å². The SMILES string of the molecule is CC(OC1CCC(CN2CCC(c3ccccc3)CC2)C1)c1ccccc1. The molecule has 0 radical (unpaired) electrons. The molecule has 4 rings (SSSR count). The minimum atomic E-state index is 0.205. The van der Waals surface area contributed by atoms with Gasteiger partial charge < -0.3 is 9.64 Å². The van der Waals surface area contributed by atoms with Crippen molar-refractivity contribution in [3.8, 4) is 0 Å². The van der Waals surface area contributed by atoms with Gasteiger partial charge in [0.05, 0.1) is 12.2 Å². The molecule has 1 heterocycles. The predicted octanol–water partition coefficient (Wildman–Crippen LogP) is 5.81. The van der Waals surface area contributed by atoms with E-state index in [1.807, 2.05) is 0 Å². The van der Waals surface area contributed by atoms with E-state index < -0.39 is 0 Å². The van der Waals surface area contributed by atoms with Crippen LogP contribution in [0, 0.1) is 5.92 Å². The van der Waals surface area contributed by atoms with Crippen LogP contribution >= 0.6 is 0 Å². The molecule has 3 unspecified atom stereocenters. The Hall–Kier alpha value is -1.64. The van der Waals surface area contributed by atoms with Crippen LogP contribution in [0.3, 0.4) is 0 Å². The average Bonchev–Trinajstić information content (AvgIpc) is 3.16. The van der Waals surface area contributed by atoms with Gasteiger partial charge in [-0.3, -0.25) is 0 Å². The second-order valence-corrected chi connectivity index (χ2v) is 8.48. The fourth-order valence-electron chi connectivity index (χ4n) is 4.95. The van der Waals surface area contributed by atoms with Crippen molar-refractivity contribution in [2.24, 2.45) is 5.92 Å². The van der Waals surface area contributed by atoms with Crippen molar-refractivity contribution in [2.75, 3.05) is 19.6 Å². The van der Waals surface area contributed by atoms with Gasteiger partial charge in [0.2, 0.25) is 0 Å². The number of ether oxygens (including phenoxy) is 1. The van der Waals surface area contributed by atoms with Gasteiger partial charge in [-0.1, -0.05) is 60.7 Å². The lowest BCUT2D eigenvalue weighted by molar-refractivity contribution is -0.00212. The number of rotatable bonds is 6. The van der Waals surface area contributed by atoms with Crippen LogP contribution in [0.15, 0.2) is 60.7 Å². The molecule has 0 amide bonds. The molecule has 1 aliphatic carbocycles. The van der Waals surface area contributed by atoms with Crippen molar-refractivity contribution >= 4 is 0 Å². The number of hydrogen-bond acceptors (Lipinski definition) is 2. The number of nitrogens with zero attached hydrogens (tertiary/aromatic N) is 1. The standard InChI is InChI=1S/C25H33NO/c1-20(22-8-4-2-5-9-22)27-25-13-12-21(18-25)19-26-16-14-24(15-17-26)23-10-6-3-7-11-23/h2-11,20-21,24-25H,12-19H2,1H3. The van der Waals surface area contributed by atoms with Crippen molar-refractivity contribution in [1.29, 1.82) is 0 Å². The third kappa shape index (κ3) is 5.00. The second-order valence-electron chi connectivity index (χ2n) is 8.48. The van der Waals surface area contributed by atoms with Crippen LogP contribution < -0.4 is 0 Å². The maximum Gasteiger partial charge on any atom is 0.0800 e. The fraction of sp³-hybridized carbons (Fsp3) is 0.520. The second kappa shape index (κ2) is 9.03. The van der Waals surface area contributed by atoms with Gasteiger partial charge in [-0.2, -0.15) is 0 Å². The fourth-order valence-corrected chi connectivity index (χ4v) is 4.95. The van der Waals surface area contributed by atoms with E-state index in [-0.39, 0.29) is 6.10 Å². The Morgan fingerprint density at radius 2 is 1.56 bits per heavy atom. The number of piperidine rings is 1. The smallest absolute Gasteiger partial charge is 0.0800 e. The van der Waals surface area contributed by atoms with Crippen LogP contribution in [0.1, 0.15) is 62.2 Å². The number of benzene rings is 2. The van der Waals surface area contributed by atoms with Gasteiger partial charge >= 0.3 is 0 Å². The largest absolute Gasteiger partial charge is 0.371 e. The van der Waals surface area contributed by atoms with Crippen molar-refractivity contribution in [3.63, 3.8) is 0 Å². The van der Waals surface area contributed by atoms with E-state index in [0.717, 1.165) is 11.8 Å². The summed E-state index contributed by atoms with van der Waals surface area (Å²) >= 11 is 0. The first-order valence-corrected chi connectivity index (χ1v) is 10.8. The summed E-state index contributed by atoms with van der Waals surface area (Å²) in [5.74, 6) is 1.57. The number of likely N-dealkylation sites (tertiary alicyclic amines) is 1. The summed E-state index contributed by atoms with van der Waals surface area (Å²) in [6, 6.07) is 21.7. The third-order valence-electron chi connectivity index (χ3n) is 6.53. The molecule has 2 fully saturated rings. The van der Waals surface area contributed by atoms with E-state index in [2.05, 4.69) is 72.5 Å². The lowest BCUT2D eigenvalue weighted by Crippen LogP contribution is -2.36. The Bertz CT molecular complexity index is 678. The molecule has 1 saturated carbocycles. The quantitative estimate of drug-likeness (QED) is 0.642. The highest BCUT2D eigenvalue weighted by Gasteiger charge is 2.29. The van der Waals surface area contributed by atoms with Crippen LogP contribution in [-0.4, -0.2) is 30.6 Å². The molecular formula is C25H33NO. The van der Waals surface area contributed by atoms with Crippen molar-refractivity contribution < 1.29 is 4.74 Å². The van der Waals surface area contributed by atoms with Crippen molar-refractivity contribution in [2.45, 2.75) is 57.2 Å². The molecule has 2 aromatic carbocycles. The van der Waals surface area contributed by atoms with E-state index in [1.54, 1.807) is 0 Å². The summed E-state index contributed by atoms with van der Waals surface area (Å²) in [6.45, 7) is 5.96. The Kier molecular flexibility index (Phi) is 6.26. The van der Waals surface area contributed by atoms with Gasteiger partial charge in [0.15, 0.2) is 0 Å². The van der Waals surface area contributed by atoms with Crippen LogP contribution in [0.2, 0.25) is 0 Å². The Morgan fingerprint density at radius 1 is 0.889 bits per heavy atom. The van der Waals surface area contributed by atoms with Crippen LogP contribution in [0.25, 0.3) is 0 Å². The molecular weight excluding hydrogens is 330 g/mol. The topological polar surface area (TPSA) is 12.5 Å². The van der Waals surface area contributed by atoms with E-state index in [1.165, 1.54) is 62.9 Å². The lowest BCUT2D eigenvalue weighted by Gasteiger charge is -2.33. The van der Waals surface area contributed by atoms with Crippen molar-refractivity contribution in [1.82, 2.24) is 4.90 Å². The summed E-state index contributed by atoms with van der Waals surface area (Å²) in [5, 5.41) is 0. The molecule has 144 valence electrons. The van der Waals surface area contributed by atoms with Crippen molar-refractivity contribution in [3.05, 3.63) is 71.8 Å². The summed E-state index contributed by atoms with van der Waals surface area (Å²) in [5.41, 5.74) is 2.82. The highest BCUT2D eigenvalue weighted by Crippen LogP contribution is 2.34. The molecule has 0 aromatic heterocycles. The van der Waals surface area contributed by atoms with Gasteiger partial charge in [-0.05, 0) is 75.1 Å². The number of hydrogen-bond donors (Lipinski definition) is 0. The highest BCUT2D eigenvalue weighted by atomic mass is 16.5. The molecule has 2 nitrogen and oxygen atoms in total. The highest BCUT2D eigenvalue weighted by molar-refractivity contribution is 5.20. The normalized spacial score (nSPS) is 25.5. The molecule has 27 heavy (non-hydrogen) atoms. The summed E-state index contributed by atoms with van der Waals surface area (Å²) < 4.78 is 6.37. The molecule has 3 atom stereocenters. The van der Waals surface area contributed by atoms with E-state index in [9.17, 15) is 0 Å². The first-order chi connectivity index (χ1) is 13.3. The van der Waals surface area contributed by atoms with Gasteiger partial charge in [-0.25, -0.2) is 0 Å². The Morgan fingerprint density at radius 3 is 2.26 bits per heavy atom. The van der Waals surface area contributed by atoms with Crippen LogP contribution in [0.5, 0.6) is 0 Å². The molecule has 0 spiro atoms. The van der Waals surface area contributed by atoms with E-state index in [4.69, 9.17) is 4.74 Å². The van der Waals surface area contributed by atoms with E-state index >= 15 is 0 Å². The molecule has 0 bridgehead atoms. The van der Waals surface area contributed by atoms with Gasteiger partial charge in [0, 0.05) is 6.54 Å².